The lowest BCUT2D eigenvalue weighted by Crippen LogP contribution is -2.58. The van der Waals surface area contributed by atoms with Crippen LogP contribution in [0.5, 0.6) is 11.5 Å². The van der Waals surface area contributed by atoms with Crippen LogP contribution in [0.25, 0.3) is 10.9 Å². The number of carbonyl (C=O) groups is 4. The van der Waals surface area contributed by atoms with Crippen LogP contribution in [0.3, 0.4) is 0 Å². The maximum atomic E-state index is 14.8. The molecule has 17 heteroatoms. The van der Waals surface area contributed by atoms with Gasteiger partial charge in [-0.2, -0.15) is 0 Å². The van der Waals surface area contributed by atoms with E-state index in [9.17, 15) is 36.4 Å². The van der Waals surface area contributed by atoms with Gasteiger partial charge in [-0.1, -0.05) is 31.4 Å². The maximum absolute atomic E-state index is 14.8. The van der Waals surface area contributed by atoms with Crippen LogP contribution in [0.2, 0.25) is 0 Å². The summed E-state index contributed by atoms with van der Waals surface area (Å²) in [5, 5.41) is 6.19. The number of alkyl carbamates (subject to hydrolysis) is 1. The molecular weight excluding hydrogens is 777 g/mol. The molecule has 6 aliphatic rings. The number of nitrogens with one attached hydrogen (secondary N) is 3. The number of aryl methyl sites for hydroxylation is 1. The van der Waals surface area contributed by atoms with E-state index in [1.807, 2.05) is 12.2 Å². The number of amides is 4. The van der Waals surface area contributed by atoms with Gasteiger partial charge in [0.05, 0.1) is 30.5 Å². The number of allylic oxidation sites excluding steroid dienone is 1. The molecule has 2 aromatic rings. The second-order valence-corrected chi connectivity index (χ2v) is 19.5. The normalized spacial score (nSPS) is 30.0. The van der Waals surface area contributed by atoms with Crippen molar-refractivity contribution in [1.29, 1.82) is 0 Å². The number of ether oxygens (including phenoxy) is 3. The Hall–Kier alpha value is -4.54. The van der Waals surface area contributed by atoms with Gasteiger partial charge in [0.15, 0.2) is 5.75 Å². The molecule has 4 amide bonds. The number of carbonyl (C=O) groups excluding carboxylic acids is 4. The third kappa shape index (κ3) is 7.58. The maximum Gasteiger partial charge on any atom is 0.407 e. The number of aromatic nitrogens is 1. The van der Waals surface area contributed by atoms with Crippen molar-refractivity contribution in [3.63, 3.8) is 0 Å². The molecule has 0 bridgehead atoms. The average molecular weight is 828 g/mol. The van der Waals surface area contributed by atoms with Crippen molar-refractivity contribution in [2.24, 2.45) is 11.8 Å². The lowest BCUT2D eigenvalue weighted by molar-refractivity contribution is -0.141. The van der Waals surface area contributed by atoms with Crippen LogP contribution < -0.4 is 24.8 Å². The minimum absolute atomic E-state index is 0.117. The quantitative estimate of drug-likeness (QED) is 0.302. The summed E-state index contributed by atoms with van der Waals surface area (Å²) in [5.74, 6) is -2.01. The zero-order chi connectivity index (χ0) is 41.0. The van der Waals surface area contributed by atoms with Gasteiger partial charge in [-0.3, -0.25) is 19.1 Å². The number of pyridine rings is 1. The molecule has 3 aliphatic carbocycles. The summed E-state index contributed by atoms with van der Waals surface area (Å²) in [4.78, 5) is 62.1. The van der Waals surface area contributed by atoms with E-state index in [2.05, 4.69) is 20.3 Å². The molecule has 1 spiro atoms. The second kappa shape index (κ2) is 15.2. The highest BCUT2D eigenvalue weighted by atomic mass is 32.2. The topological polar surface area (TPSA) is 182 Å². The number of halogens is 2. The molecule has 8 rings (SSSR count). The molecule has 1 aromatic carbocycles. The van der Waals surface area contributed by atoms with E-state index in [4.69, 9.17) is 14.2 Å². The van der Waals surface area contributed by atoms with Crippen molar-refractivity contribution >= 4 is 44.7 Å². The highest BCUT2D eigenvalue weighted by Gasteiger charge is 2.64. The largest absolute Gasteiger partial charge is 0.497 e. The van der Waals surface area contributed by atoms with Crippen LogP contribution in [0, 0.1) is 11.8 Å². The highest BCUT2D eigenvalue weighted by molar-refractivity contribution is 7.91. The van der Waals surface area contributed by atoms with Crippen molar-refractivity contribution in [2.45, 2.75) is 131 Å². The van der Waals surface area contributed by atoms with E-state index in [1.165, 1.54) is 12.0 Å². The third-order valence-electron chi connectivity index (χ3n) is 13.2. The molecule has 3 saturated carbocycles. The zero-order valence-electron chi connectivity index (χ0n) is 32.8. The number of hydrogen-bond acceptors (Lipinski definition) is 10. The average Bonchev–Trinajstić information content (AvgIpc) is 4.06. The Morgan fingerprint density at radius 3 is 2.59 bits per heavy atom. The predicted octanol–water partition coefficient (Wildman–Crippen LogP) is 5.13. The summed E-state index contributed by atoms with van der Waals surface area (Å²) in [7, 11) is -2.55. The van der Waals surface area contributed by atoms with Crippen molar-refractivity contribution in [3.05, 3.63) is 41.6 Å². The first-order chi connectivity index (χ1) is 27.7. The van der Waals surface area contributed by atoms with Crippen LogP contribution in [-0.4, -0.2) is 90.3 Å². The second-order valence-electron chi connectivity index (χ2n) is 17.3. The van der Waals surface area contributed by atoms with E-state index >= 15 is 0 Å². The Labute approximate surface area is 336 Å². The lowest BCUT2D eigenvalue weighted by atomic mass is 9.86. The molecule has 4 heterocycles. The summed E-state index contributed by atoms with van der Waals surface area (Å²) >= 11 is 0. The monoisotopic (exact) mass is 827 g/mol. The fourth-order valence-electron chi connectivity index (χ4n) is 8.85. The van der Waals surface area contributed by atoms with Crippen LogP contribution >= 0.6 is 0 Å². The first-order valence-electron chi connectivity index (χ1n) is 20.4. The van der Waals surface area contributed by atoms with Crippen LogP contribution in [-0.2, 0) is 35.6 Å². The fraction of sp³-hybridized carbons (Fsp3) is 0.634. The number of alkyl halides is 2. The van der Waals surface area contributed by atoms with Crippen molar-refractivity contribution in [1.82, 2.24) is 25.2 Å². The number of hydrogen-bond donors (Lipinski definition) is 3. The minimum atomic E-state index is -4.05. The SMILES string of the molecule is COc1ccc2nc(C(F)F)c3c(c2c1)CC[C@]1(C[C@H]2C(=O)N[C@]4(C(=O)NS(=O)(=O)C5(C)CC5)C[C@H]4/C=C\CCCCC[C@H](NC(=O)OCC4CCC4)C(=O)N2C1)O3. The van der Waals surface area contributed by atoms with E-state index in [0.29, 0.717) is 54.3 Å². The zero-order valence-corrected chi connectivity index (χ0v) is 33.6. The Balaban J connectivity index is 1.14. The molecule has 1 saturated heterocycles. The summed E-state index contributed by atoms with van der Waals surface area (Å²) in [6, 6.07) is 2.60. The first-order valence-corrected chi connectivity index (χ1v) is 21.9. The Morgan fingerprint density at radius 2 is 1.88 bits per heavy atom. The number of fused-ring (bicyclic) bond motifs is 5. The van der Waals surface area contributed by atoms with Gasteiger partial charge in [0.25, 0.3) is 12.3 Å². The van der Waals surface area contributed by atoms with Crippen molar-refractivity contribution in [3.8, 4) is 11.5 Å². The highest BCUT2D eigenvalue weighted by Crippen LogP contribution is 2.50. The number of benzene rings is 1. The van der Waals surface area contributed by atoms with Gasteiger partial charge >= 0.3 is 6.09 Å². The van der Waals surface area contributed by atoms with Gasteiger partial charge < -0.3 is 29.7 Å². The summed E-state index contributed by atoms with van der Waals surface area (Å²) in [6.45, 7) is 1.60. The van der Waals surface area contributed by atoms with Crippen LogP contribution in [0.1, 0.15) is 108 Å². The Kier molecular flexibility index (Phi) is 10.6. The molecule has 1 aromatic heterocycles. The molecule has 58 heavy (non-hydrogen) atoms. The molecule has 4 fully saturated rings. The molecule has 0 radical (unpaired) electrons. The molecule has 0 unspecified atom stereocenters. The van der Waals surface area contributed by atoms with Gasteiger partial charge in [0.2, 0.25) is 21.8 Å². The Morgan fingerprint density at radius 1 is 1.09 bits per heavy atom. The standard InChI is InChI=1S/C41H51F2N5O9S/c1-39(17-18-39)58(53,54)47-37(51)41-20-25(41)11-6-4-3-5-7-12-30(45-38(52)56-22-24-9-8-10-24)36(50)48-23-40(21-31(48)35(49)46-41)16-15-27-28-19-26(55-2)13-14-29(28)44-32(34(42)43)33(27)57-40/h6,11,13-14,19,24-25,30-31,34H,3-5,7-10,12,15-18,20-23H2,1-2H3,(H,45,52)(H,46,49)(H,47,51)/b11-6-/t25-,30+,31+,40-,41-/m1/s1. The smallest absolute Gasteiger partial charge is 0.407 e. The summed E-state index contributed by atoms with van der Waals surface area (Å²) in [5.41, 5.74) is -2.65. The number of methoxy groups -OCH3 is 1. The van der Waals surface area contributed by atoms with Crippen molar-refractivity contribution < 1.29 is 50.6 Å². The lowest BCUT2D eigenvalue weighted by Gasteiger charge is -2.37. The molecule has 5 atom stereocenters. The number of nitrogens with zero attached hydrogens (tertiary/aromatic N) is 2. The third-order valence-corrected chi connectivity index (χ3v) is 15.4. The van der Waals surface area contributed by atoms with Crippen LogP contribution in [0.15, 0.2) is 30.4 Å². The fourth-order valence-corrected chi connectivity index (χ4v) is 10.2. The number of rotatable bonds is 8. The predicted molar refractivity (Wildman–Crippen MR) is 207 cm³/mol. The molecule has 14 nitrogen and oxygen atoms in total. The van der Waals surface area contributed by atoms with E-state index in [1.54, 1.807) is 25.1 Å². The van der Waals surface area contributed by atoms with Crippen molar-refractivity contribution in [2.75, 3.05) is 20.3 Å². The van der Waals surface area contributed by atoms with E-state index in [-0.39, 0.29) is 56.9 Å². The van der Waals surface area contributed by atoms with Gasteiger partial charge in [0.1, 0.15) is 34.7 Å². The van der Waals surface area contributed by atoms with Gasteiger partial charge in [-0.25, -0.2) is 27.0 Å². The summed E-state index contributed by atoms with van der Waals surface area (Å²) in [6.07, 6.45) is 7.21. The van der Waals surface area contributed by atoms with Gasteiger partial charge in [0, 0.05) is 23.3 Å². The molecule has 3 N–H and O–H groups in total. The minimum Gasteiger partial charge on any atom is -0.497 e. The summed E-state index contributed by atoms with van der Waals surface area (Å²) < 4.78 is 74.5. The van der Waals surface area contributed by atoms with E-state index in [0.717, 1.165) is 25.7 Å². The first kappa shape index (κ1) is 40.2. The van der Waals surface area contributed by atoms with Crippen LogP contribution in [0.4, 0.5) is 13.6 Å². The molecular formula is C41H51F2N5O9S. The molecule has 314 valence electrons. The van der Waals surface area contributed by atoms with Gasteiger partial charge in [-0.15, -0.1) is 0 Å². The molecule has 3 aliphatic heterocycles. The van der Waals surface area contributed by atoms with E-state index < -0.39 is 79.8 Å². The van der Waals surface area contributed by atoms with Gasteiger partial charge in [-0.05, 0) is 95.2 Å². The number of sulfonamides is 1. The Bertz CT molecular complexity index is 2140.